The first-order valence-electron chi connectivity index (χ1n) is 9.24. The van der Waals surface area contributed by atoms with Gasteiger partial charge in [-0.3, -0.25) is 10.1 Å². The highest BCUT2D eigenvalue weighted by Gasteiger charge is 2.20. The third-order valence-corrected chi connectivity index (χ3v) is 5.22. The van der Waals surface area contributed by atoms with Crippen molar-refractivity contribution in [1.29, 1.82) is 0 Å². The normalized spacial score (nSPS) is 12.3. The van der Waals surface area contributed by atoms with Gasteiger partial charge in [0.25, 0.3) is 11.7 Å². The SMILES string of the molecule is CCOC(=O)c1nc(NC(=O)c2csc(-c3ccc4c(c3)CCO4)n2)n(CC)n1. The molecule has 1 N–H and O–H groups in total. The van der Waals surface area contributed by atoms with Gasteiger partial charge in [-0.25, -0.2) is 14.5 Å². The van der Waals surface area contributed by atoms with Gasteiger partial charge in [-0.2, -0.15) is 4.98 Å². The Morgan fingerprint density at radius 1 is 1.31 bits per heavy atom. The number of fused-ring (bicyclic) bond motifs is 1. The molecular weight excluding hydrogens is 394 g/mol. The Labute approximate surface area is 170 Å². The summed E-state index contributed by atoms with van der Waals surface area (Å²) in [6.45, 7) is 4.87. The van der Waals surface area contributed by atoms with Crippen LogP contribution in [0, 0.1) is 0 Å². The van der Waals surface area contributed by atoms with E-state index in [1.807, 2.05) is 25.1 Å². The van der Waals surface area contributed by atoms with E-state index < -0.39 is 11.9 Å². The van der Waals surface area contributed by atoms with Gasteiger partial charge in [0.1, 0.15) is 16.5 Å². The number of anilines is 1. The van der Waals surface area contributed by atoms with E-state index in [0.717, 1.165) is 28.3 Å². The number of carbonyl (C=O) groups is 2. The third-order valence-electron chi connectivity index (χ3n) is 4.33. The van der Waals surface area contributed by atoms with E-state index in [1.54, 1.807) is 12.3 Å². The molecule has 0 saturated heterocycles. The number of hydrogen-bond donors (Lipinski definition) is 1. The third kappa shape index (κ3) is 3.83. The molecule has 3 aromatic rings. The van der Waals surface area contributed by atoms with Crippen LogP contribution in [0.5, 0.6) is 5.75 Å². The molecule has 0 unspecified atom stereocenters. The van der Waals surface area contributed by atoms with Crippen molar-refractivity contribution in [3.63, 3.8) is 0 Å². The second kappa shape index (κ2) is 8.00. The Balaban J connectivity index is 1.52. The average Bonchev–Trinajstić information content (AvgIpc) is 3.46. The van der Waals surface area contributed by atoms with Crippen LogP contribution in [0.3, 0.4) is 0 Å². The second-order valence-electron chi connectivity index (χ2n) is 6.21. The van der Waals surface area contributed by atoms with Crippen LogP contribution >= 0.6 is 11.3 Å². The first-order chi connectivity index (χ1) is 14.1. The average molecular weight is 413 g/mol. The van der Waals surface area contributed by atoms with Crippen molar-refractivity contribution in [3.8, 4) is 16.3 Å². The minimum Gasteiger partial charge on any atom is -0.493 e. The molecule has 0 bridgehead atoms. The quantitative estimate of drug-likeness (QED) is 0.619. The molecule has 2 aromatic heterocycles. The fourth-order valence-electron chi connectivity index (χ4n) is 2.93. The number of ether oxygens (including phenoxy) is 2. The molecule has 3 heterocycles. The number of aryl methyl sites for hydroxylation is 1. The van der Waals surface area contributed by atoms with E-state index in [1.165, 1.54) is 16.0 Å². The summed E-state index contributed by atoms with van der Waals surface area (Å²) in [5.41, 5.74) is 2.36. The smallest absolute Gasteiger partial charge is 0.378 e. The molecule has 1 aliphatic heterocycles. The zero-order valence-electron chi connectivity index (χ0n) is 16.0. The number of esters is 1. The summed E-state index contributed by atoms with van der Waals surface area (Å²) in [4.78, 5) is 33.0. The summed E-state index contributed by atoms with van der Waals surface area (Å²) in [6.07, 6.45) is 0.872. The highest BCUT2D eigenvalue weighted by molar-refractivity contribution is 7.13. The van der Waals surface area contributed by atoms with E-state index in [-0.39, 0.29) is 24.1 Å². The summed E-state index contributed by atoms with van der Waals surface area (Å²) < 4.78 is 11.9. The minimum absolute atomic E-state index is 0.0941. The van der Waals surface area contributed by atoms with Crippen LogP contribution < -0.4 is 10.1 Å². The number of nitrogens with zero attached hydrogens (tertiary/aromatic N) is 4. The Bertz CT molecular complexity index is 1070. The number of benzene rings is 1. The van der Waals surface area contributed by atoms with Crippen LogP contribution in [0.2, 0.25) is 0 Å². The largest absolute Gasteiger partial charge is 0.493 e. The molecule has 10 heteroatoms. The Hall–Kier alpha value is -3.27. The van der Waals surface area contributed by atoms with E-state index in [9.17, 15) is 9.59 Å². The number of amides is 1. The highest BCUT2D eigenvalue weighted by atomic mass is 32.1. The summed E-state index contributed by atoms with van der Waals surface area (Å²) >= 11 is 1.38. The topological polar surface area (TPSA) is 108 Å². The van der Waals surface area contributed by atoms with E-state index >= 15 is 0 Å². The molecule has 0 spiro atoms. The van der Waals surface area contributed by atoms with Gasteiger partial charge in [-0.15, -0.1) is 16.4 Å². The maximum absolute atomic E-state index is 12.6. The number of rotatable bonds is 6. The number of nitrogens with one attached hydrogen (secondary N) is 1. The minimum atomic E-state index is -0.633. The molecule has 0 fully saturated rings. The van der Waals surface area contributed by atoms with Gasteiger partial charge in [-0.05, 0) is 37.6 Å². The predicted molar refractivity (Wildman–Crippen MR) is 106 cm³/mol. The van der Waals surface area contributed by atoms with Crippen LogP contribution in [0.25, 0.3) is 10.6 Å². The van der Waals surface area contributed by atoms with Crippen LogP contribution in [0.4, 0.5) is 5.95 Å². The van der Waals surface area contributed by atoms with E-state index in [4.69, 9.17) is 9.47 Å². The zero-order chi connectivity index (χ0) is 20.4. The predicted octanol–water partition coefficient (Wildman–Crippen LogP) is 2.79. The van der Waals surface area contributed by atoms with Crippen LogP contribution in [0.1, 0.15) is 40.5 Å². The maximum Gasteiger partial charge on any atom is 0.378 e. The number of thiazole rings is 1. The van der Waals surface area contributed by atoms with Crippen molar-refractivity contribution in [2.45, 2.75) is 26.8 Å². The van der Waals surface area contributed by atoms with Gasteiger partial charge >= 0.3 is 5.97 Å². The molecule has 0 atom stereocenters. The van der Waals surface area contributed by atoms with Crippen molar-refractivity contribution >= 4 is 29.2 Å². The molecule has 4 rings (SSSR count). The summed E-state index contributed by atoms with van der Waals surface area (Å²) in [5.74, 6) is -0.0751. The summed E-state index contributed by atoms with van der Waals surface area (Å²) in [6, 6.07) is 5.91. The molecule has 1 amide bonds. The molecule has 29 heavy (non-hydrogen) atoms. The van der Waals surface area contributed by atoms with Gasteiger partial charge in [0.2, 0.25) is 5.95 Å². The van der Waals surface area contributed by atoms with Crippen LogP contribution in [-0.4, -0.2) is 44.8 Å². The standard InChI is InChI=1S/C19H19N5O4S/c1-3-24-19(21-15(23-24)18(26)27-4-2)22-16(25)13-10-29-17(20-13)12-5-6-14-11(9-12)7-8-28-14/h5-6,9-10H,3-4,7-8H2,1-2H3,(H,21,22,23,25). The lowest BCUT2D eigenvalue weighted by Gasteiger charge is -2.03. The highest BCUT2D eigenvalue weighted by Crippen LogP contribution is 2.32. The first-order valence-corrected chi connectivity index (χ1v) is 10.1. The Morgan fingerprint density at radius 3 is 2.97 bits per heavy atom. The number of carbonyl (C=O) groups excluding carboxylic acids is 2. The van der Waals surface area contributed by atoms with E-state index in [2.05, 4.69) is 20.4 Å². The summed E-state index contributed by atoms with van der Waals surface area (Å²) in [5, 5.41) is 9.17. The van der Waals surface area contributed by atoms with Gasteiger partial charge in [0.05, 0.1) is 13.2 Å². The van der Waals surface area contributed by atoms with Crippen molar-refractivity contribution in [2.75, 3.05) is 18.5 Å². The van der Waals surface area contributed by atoms with Crippen molar-refractivity contribution in [1.82, 2.24) is 19.7 Å². The molecule has 0 saturated carbocycles. The molecular formula is C19H19N5O4S. The number of aromatic nitrogens is 4. The molecule has 1 aliphatic rings. The fourth-order valence-corrected chi connectivity index (χ4v) is 3.73. The van der Waals surface area contributed by atoms with Gasteiger partial charge in [0.15, 0.2) is 0 Å². The van der Waals surface area contributed by atoms with E-state index in [0.29, 0.717) is 13.2 Å². The summed E-state index contributed by atoms with van der Waals surface area (Å²) in [7, 11) is 0. The Kier molecular flexibility index (Phi) is 5.26. The number of hydrogen-bond acceptors (Lipinski definition) is 8. The molecule has 150 valence electrons. The van der Waals surface area contributed by atoms with Gasteiger partial charge < -0.3 is 9.47 Å². The van der Waals surface area contributed by atoms with Crippen LogP contribution in [-0.2, 0) is 17.7 Å². The first kappa shape index (κ1) is 19.1. The van der Waals surface area contributed by atoms with Crippen LogP contribution in [0.15, 0.2) is 23.6 Å². The zero-order valence-corrected chi connectivity index (χ0v) is 16.8. The van der Waals surface area contributed by atoms with Crippen molar-refractivity contribution < 1.29 is 19.1 Å². The lowest BCUT2D eigenvalue weighted by Crippen LogP contribution is -2.16. The lowest BCUT2D eigenvalue weighted by atomic mass is 10.1. The van der Waals surface area contributed by atoms with Crippen molar-refractivity contribution in [3.05, 3.63) is 40.7 Å². The lowest BCUT2D eigenvalue weighted by molar-refractivity contribution is 0.0511. The monoisotopic (exact) mass is 413 g/mol. The van der Waals surface area contributed by atoms with Crippen molar-refractivity contribution in [2.24, 2.45) is 0 Å². The van der Waals surface area contributed by atoms with Gasteiger partial charge in [-0.1, -0.05) is 0 Å². The second-order valence-corrected chi connectivity index (χ2v) is 7.07. The molecule has 0 radical (unpaired) electrons. The molecule has 0 aliphatic carbocycles. The van der Waals surface area contributed by atoms with Gasteiger partial charge in [0, 0.05) is 23.9 Å². The molecule has 1 aromatic carbocycles. The Morgan fingerprint density at radius 2 is 2.17 bits per heavy atom. The molecule has 9 nitrogen and oxygen atoms in total. The fraction of sp³-hybridized carbons (Fsp3) is 0.316. The maximum atomic E-state index is 12.6.